The lowest BCUT2D eigenvalue weighted by Crippen LogP contribution is -2.68. The molecule has 0 spiro atoms. The SMILES string of the molecule is CC(=O)N[C@H]1C(O)[C@H](O[C@@H]2OC(CO)[C@H](O)C(O[C@@H]3OC(CO)[C@H](O)C(O)[C@@H]3O)[C@@H]2O)C(CO)O[C@H]1OCCCN. The van der Waals surface area contributed by atoms with Crippen molar-refractivity contribution < 1.29 is 79.2 Å². The molecule has 3 saturated heterocycles. The first-order valence-electron chi connectivity index (χ1n) is 13.3. The molecule has 3 fully saturated rings. The zero-order chi connectivity index (χ0) is 30.4. The van der Waals surface area contributed by atoms with E-state index < -0.39 is 118 Å². The smallest absolute Gasteiger partial charge is 0.217 e. The zero-order valence-electron chi connectivity index (χ0n) is 22.4. The Hall–Kier alpha value is -1.17. The third-order valence-corrected chi connectivity index (χ3v) is 7.11. The molecule has 12 N–H and O–H groups in total. The standard InChI is InChI=1S/C23H42N2O16/c1-8(29)25-12-15(32)19(11(7-28)39-21(12)36-4-2-3-24)40-23-18(35)20(14(31)10(6-27)38-23)41-22-17(34)16(33)13(30)9(5-26)37-22/h9-23,26-28,30-35H,2-7,24H2,1H3,(H,25,29)/t9?,10?,11?,12-,13-,14-,15?,16?,17-,18-,19+,20?,21+,22-,23-/m0/s1. The van der Waals surface area contributed by atoms with Gasteiger partial charge in [0.2, 0.25) is 5.91 Å². The summed E-state index contributed by atoms with van der Waals surface area (Å²) in [4.78, 5) is 11.8. The number of carbonyl (C=O) groups excluding carboxylic acids is 1. The highest BCUT2D eigenvalue weighted by Gasteiger charge is 2.54. The molecular formula is C23H42N2O16. The lowest BCUT2D eigenvalue weighted by atomic mass is 9.95. The summed E-state index contributed by atoms with van der Waals surface area (Å²) in [5.74, 6) is -0.545. The van der Waals surface area contributed by atoms with Gasteiger partial charge in [-0.25, -0.2) is 0 Å². The van der Waals surface area contributed by atoms with E-state index in [0.717, 1.165) is 0 Å². The van der Waals surface area contributed by atoms with Gasteiger partial charge in [0.05, 0.1) is 26.4 Å². The Morgan fingerprint density at radius 3 is 1.80 bits per heavy atom. The molecule has 3 heterocycles. The van der Waals surface area contributed by atoms with Crippen molar-refractivity contribution in [3.8, 4) is 0 Å². The molecule has 3 aliphatic heterocycles. The maximum absolute atomic E-state index is 11.8. The van der Waals surface area contributed by atoms with Crippen LogP contribution in [0.15, 0.2) is 0 Å². The molecular weight excluding hydrogens is 560 g/mol. The Bertz CT molecular complexity index is 812. The molecule has 0 saturated carbocycles. The predicted octanol–water partition coefficient (Wildman–Crippen LogP) is -7.06. The molecule has 3 rings (SSSR count). The second-order valence-electron chi connectivity index (χ2n) is 10.1. The van der Waals surface area contributed by atoms with E-state index in [1.807, 2.05) is 0 Å². The fourth-order valence-electron chi connectivity index (χ4n) is 4.86. The molecule has 3 aliphatic rings. The largest absolute Gasteiger partial charge is 0.394 e. The highest BCUT2D eigenvalue weighted by molar-refractivity contribution is 5.73. The van der Waals surface area contributed by atoms with E-state index in [2.05, 4.69) is 5.32 Å². The van der Waals surface area contributed by atoms with Crippen molar-refractivity contribution in [3.63, 3.8) is 0 Å². The molecule has 0 aromatic heterocycles. The molecule has 0 aromatic rings. The summed E-state index contributed by atoms with van der Waals surface area (Å²) in [5, 5.41) is 94.9. The van der Waals surface area contributed by atoms with E-state index in [4.69, 9.17) is 34.2 Å². The topological polar surface area (TPSA) is 293 Å². The molecule has 0 aliphatic carbocycles. The van der Waals surface area contributed by atoms with Crippen molar-refractivity contribution in [1.82, 2.24) is 5.32 Å². The van der Waals surface area contributed by atoms with E-state index >= 15 is 0 Å². The van der Waals surface area contributed by atoms with Crippen LogP contribution < -0.4 is 11.1 Å². The van der Waals surface area contributed by atoms with Crippen LogP contribution in [-0.2, 0) is 33.2 Å². The van der Waals surface area contributed by atoms with Gasteiger partial charge in [-0.1, -0.05) is 0 Å². The second-order valence-corrected chi connectivity index (χ2v) is 10.1. The first-order chi connectivity index (χ1) is 19.5. The summed E-state index contributed by atoms with van der Waals surface area (Å²) < 4.78 is 33.4. The Kier molecular flexibility index (Phi) is 13.0. The molecule has 240 valence electrons. The van der Waals surface area contributed by atoms with Crippen LogP contribution in [0.2, 0.25) is 0 Å². The maximum atomic E-state index is 11.8. The van der Waals surface area contributed by atoms with E-state index in [1.54, 1.807) is 0 Å². The quantitative estimate of drug-likeness (QED) is 0.0925. The molecule has 15 atom stereocenters. The van der Waals surface area contributed by atoms with E-state index in [0.29, 0.717) is 13.0 Å². The molecule has 0 radical (unpaired) electrons. The molecule has 0 bridgehead atoms. The second kappa shape index (κ2) is 15.5. The Labute approximate surface area is 235 Å². The van der Waals surface area contributed by atoms with Crippen LogP contribution in [0.5, 0.6) is 0 Å². The Morgan fingerprint density at radius 1 is 0.707 bits per heavy atom. The highest BCUT2D eigenvalue weighted by Crippen LogP contribution is 2.32. The molecule has 41 heavy (non-hydrogen) atoms. The number of nitrogens with one attached hydrogen (secondary N) is 1. The van der Waals surface area contributed by atoms with Crippen molar-refractivity contribution in [2.24, 2.45) is 5.73 Å². The zero-order valence-corrected chi connectivity index (χ0v) is 22.4. The van der Waals surface area contributed by atoms with E-state index in [-0.39, 0.29) is 6.61 Å². The summed E-state index contributed by atoms with van der Waals surface area (Å²) in [6, 6.07) is -1.20. The van der Waals surface area contributed by atoms with Crippen molar-refractivity contribution in [2.75, 3.05) is 33.0 Å². The van der Waals surface area contributed by atoms with Gasteiger partial charge in [-0.05, 0) is 13.0 Å². The third-order valence-electron chi connectivity index (χ3n) is 7.11. The van der Waals surface area contributed by atoms with Gasteiger partial charge in [-0.15, -0.1) is 0 Å². The van der Waals surface area contributed by atoms with Gasteiger partial charge in [0.25, 0.3) is 0 Å². The summed E-state index contributed by atoms with van der Waals surface area (Å²) in [7, 11) is 0. The van der Waals surface area contributed by atoms with Gasteiger partial charge in [-0.2, -0.15) is 0 Å². The van der Waals surface area contributed by atoms with Crippen LogP contribution in [0.4, 0.5) is 0 Å². The van der Waals surface area contributed by atoms with Crippen LogP contribution >= 0.6 is 0 Å². The van der Waals surface area contributed by atoms with E-state index in [9.17, 15) is 50.8 Å². The number of rotatable bonds is 12. The number of aliphatic hydroxyl groups excluding tert-OH is 9. The first-order valence-corrected chi connectivity index (χ1v) is 13.3. The molecule has 6 unspecified atom stereocenters. The van der Waals surface area contributed by atoms with Gasteiger partial charge in [0.15, 0.2) is 18.9 Å². The van der Waals surface area contributed by atoms with Gasteiger partial charge in [-0.3, -0.25) is 4.79 Å². The average molecular weight is 603 g/mol. The number of carbonyl (C=O) groups is 1. The third kappa shape index (κ3) is 7.87. The van der Waals surface area contributed by atoms with Gasteiger partial charge in [0.1, 0.15) is 73.2 Å². The van der Waals surface area contributed by atoms with Gasteiger partial charge < -0.3 is 85.4 Å². The van der Waals surface area contributed by atoms with Crippen molar-refractivity contribution in [1.29, 1.82) is 0 Å². The summed E-state index contributed by atoms with van der Waals surface area (Å²) in [6.45, 7) is -0.656. The van der Waals surface area contributed by atoms with Crippen LogP contribution in [0.25, 0.3) is 0 Å². The van der Waals surface area contributed by atoms with Crippen molar-refractivity contribution in [3.05, 3.63) is 0 Å². The predicted molar refractivity (Wildman–Crippen MR) is 130 cm³/mol. The van der Waals surface area contributed by atoms with Crippen LogP contribution in [0.1, 0.15) is 13.3 Å². The monoisotopic (exact) mass is 602 g/mol. The normalized spacial score (nSPS) is 45.4. The number of nitrogens with two attached hydrogens (primary N) is 1. The number of ether oxygens (including phenoxy) is 6. The average Bonchev–Trinajstić information content (AvgIpc) is 2.95. The number of hydrogen-bond acceptors (Lipinski definition) is 17. The first kappa shape index (κ1) is 34.3. The number of amides is 1. The Morgan fingerprint density at radius 2 is 1.24 bits per heavy atom. The van der Waals surface area contributed by atoms with Gasteiger partial charge >= 0.3 is 0 Å². The molecule has 18 heteroatoms. The molecule has 1 amide bonds. The van der Waals surface area contributed by atoms with Crippen LogP contribution in [-0.4, -0.2) is 177 Å². The lowest BCUT2D eigenvalue weighted by Gasteiger charge is -2.48. The van der Waals surface area contributed by atoms with Crippen molar-refractivity contribution >= 4 is 5.91 Å². The van der Waals surface area contributed by atoms with Crippen molar-refractivity contribution in [2.45, 2.75) is 105 Å². The highest BCUT2D eigenvalue weighted by atomic mass is 16.8. The summed E-state index contributed by atoms with van der Waals surface area (Å²) >= 11 is 0. The fraction of sp³-hybridized carbons (Fsp3) is 0.957. The minimum Gasteiger partial charge on any atom is -0.394 e. The maximum Gasteiger partial charge on any atom is 0.217 e. The molecule has 0 aromatic carbocycles. The number of hydrogen-bond donors (Lipinski definition) is 11. The summed E-state index contributed by atoms with van der Waals surface area (Å²) in [5.41, 5.74) is 5.48. The summed E-state index contributed by atoms with van der Waals surface area (Å²) in [6.07, 6.45) is -22.1. The minimum absolute atomic E-state index is 0.116. The van der Waals surface area contributed by atoms with E-state index in [1.165, 1.54) is 6.92 Å². The van der Waals surface area contributed by atoms with Crippen LogP contribution in [0.3, 0.4) is 0 Å². The fourth-order valence-corrected chi connectivity index (χ4v) is 4.86. The molecule has 18 nitrogen and oxygen atoms in total. The Balaban J connectivity index is 1.80. The number of aliphatic hydroxyl groups is 9. The minimum atomic E-state index is -1.90. The lowest BCUT2D eigenvalue weighted by molar-refractivity contribution is -0.376. The van der Waals surface area contributed by atoms with Gasteiger partial charge in [0, 0.05) is 6.92 Å². The van der Waals surface area contributed by atoms with Crippen LogP contribution in [0, 0.1) is 0 Å².